The summed E-state index contributed by atoms with van der Waals surface area (Å²) < 4.78 is 6.23. The minimum Gasteiger partial charge on any atom is -0.460 e. The predicted molar refractivity (Wildman–Crippen MR) is 101 cm³/mol. The minimum absolute atomic E-state index is 0.0501. The number of nitrogens with one attached hydrogen (secondary N) is 1. The number of fused-ring (bicyclic) bond motifs is 1. The third-order valence-electron chi connectivity index (χ3n) is 4.05. The van der Waals surface area contributed by atoms with E-state index in [1.165, 1.54) is 0 Å². The van der Waals surface area contributed by atoms with Crippen molar-refractivity contribution in [2.24, 2.45) is 0 Å². The van der Waals surface area contributed by atoms with E-state index in [0.29, 0.717) is 12.1 Å². The lowest BCUT2D eigenvalue weighted by molar-refractivity contribution is -0.122. The molecule has 0 bridgehead atoms. The number of hydrogen-bond acceptors (Lipinski definition) is 4. The number of benzene rings is 2. The molecule has 0 aliphatic carbocycles. The number of amides is 1. The highest BCUT2D eigenvalue weighted by Crippen LogP contribution is 2.34. The molecule has 0 radical (unpaired) electrons. The molecular formula is C19H19BrN2O3. The third-order valence-corrected chi connectivity index (χ3v) is 4.58. The van der Waals surface area contributed by atoms with Crippen LogP contribution in [0.1, 0.15) is 24.2 Å². The van der Waals surface area contributed by atoms with Crippen molar-refractivity contribution >= 4 is 39.2 Å². The molecule has 25 heavy (non-hydrogen) atoms. The summed E-state index contributed by atoms with van der Waals surface area (Å²) in [7, 11) is 0. The molecule has 6 heteroatoms. The molecule has 0 atom stereocenters. The van der Waals surface area contributed by atoms with Crippen LogP contribution >= 0.6 is 15.9 Å². The number of anilines is 2. The Balaban J connectivity index is 1.69. The molecule has 0 spiro atoms. The van der Waals surface area contributed by atoms with E-state index in [1.807, 2.05) is 38.1 Å². The van der Waals surface area contributed by atoms with Crippen LogP contribution in [0.4, 0.5) is 11.4 Å². The number of carbonyl (C=O) groups is 2. The predicted octanol–water partition coefficient (Wildman–Crippen LogP) is 3.84. The summed E-state index contributed by atoms with van der Waals surface area (Å²) in [6.45, 7) is 4.12. The number of esters is 1. The van der Waals surface area contributed by atoms with E-state index in [4.69, 9.17) is 4.74 Å². The molecule has 1 N–H and O–H groups in total. The maximum absolute atomic E-state index is 12.7. The number of halogens is 1. The van der Waals surface area contributed by atoms with Gasteiger partial charge in [-0.15, -0.1) is 0 Å². The van der Waals surface area contributed by atoms with E-state index >= 15 is 0 Å². The Kier molecular flexibility index (Phi) is 4.81. The van der Waals surface area contributed by atoms with Gasteiger partial charge in [-0.25, -0.2) is 4.79 Å². The van der Waals surface area contributed by atoms with Crippen molar-refractivity contribution in [2.75, 3.05) is 23.4 Å². The highest BCUT2D eigenvalue weighted by Gasteiger charge is 2.38. The zero-order valence-electron chi connectivity index (χ0n) is 14.1. The summed E-state index contributed by atoms with van der Waals surface area (Å²) in [4.78, 5) is 26.5. The zero-order chi connectivity index (χ0) is 18.0. The monoisotopic (exact) mass is 402 g/mol. The molecule has 0 aromatic heterocycles. The number of nitrogens with zero attached hydrogens (tertiary/aromatic N) is 1. The van der Waals surface area contributed by atoms with Crippen LogP contribution < -0.4 is 10.2 Å². The van der Waals surface area contributed by atoms with Crippen LogP contribution in [0.15, 0.2) is 53.0 Å². The first-order chi connectivity index (χ1) is 11.9. The SMILES string of the molecule is CC1(C)Nc2ccccc2N(CCOC(=O)c2ccc(Br)cc2)C1=O. The smallest absolute Gasteiger partial charge is 0.338 e. The largest absolute Gasteiger partial charge is 0.460 e. The maximum Gasteiger partial charge on any atom is 0.338 e. The maximum atomic E-state index is 12.7. The number of ether oxygens (including phenoxy) is 1. The van der Waals surface area contributed by atoms with Gasteiger partial charge in [0.2, 0.25) is 0 Å². The van der Waals surface area contributed by atoms with Gasteiger partial charge in [-0.3, -0.25) is 4.79 Å². The summed E-state index contributed by atoms with van der Waals surface area (Å²) in [5.41, 5.74) is 1.47. The van der Waals surface area contributed by atoms with Crippen molar-refractivity contribution in [1.82, 2.24) is 0 Å². The fraction of sp³-hybridized carbons (Fsp3) is 0.263. The molecule has 1 heterocycles. The average molecular weight is 403 g/mol. The van der Waals surface area contributed by atoms with Gasteiger partial charge in [0.05, 0.1) is 23.5 Å². The molecule has 3 rings (SSSR count). The van der Waals surface area contributed by atoms with Gasteiger partial charge in [-0.1, -0.05) is 28.1 Å². The molecule has 0 fully saturated rings. The molecular weight excluding hydrogens is 384 g/mol. The minimum atomic E-state index is -0.704. The number of rotatable bonds is 4. The summed E-state index contributed by atoms with van der Waals surface area (Å²) in [6.07, 6.45) is 0. The summed E-state index contributed by atoms with van der Waals surface area (Å²) in [5, 5.41) is 3.24. The van der Waals surface area contributed by atoms with Crippen LogP contribution in [0.3, 0.4) is 0 Å². The van der Waals surface area contributed by atoms with E-state index in [0.717, 1.165) is 15.8 Å². The van der Waals surface area contributed by atoms with Crippen LogP contribution in [0.5, 0.6) is 0 Å². The topological polar surface area (TPSA) is 58.6 Å². The Morgan fingerprint density at radius 3 is 2.56 bits per heavy atom. The zero-order valence-corrected chi connectivity index (χ0v) is 15.7. The lowest BCUT2D eigenvalue weighted by Crippen LogP contribution is -2.54. The van der Waals surface area contributed by atoms with Crippen molar-refractivity contribution in [2.45, 2.75) is 19.4 Å². The Hall–Kier alpha value is -2.34. The van der Waals surface area contributed by atoms with Crippen LogP contribution in [0.2, 0.25) is 0 Å². The Bertz CT molecular complexity index is 803. The summed E-state index contributed by atoms with van der Waals surface area (Å²) in [5.74, 6) is -0.450. The number of carbonyl (C=O) groups excluding carboxylic acids is 2. The van der Waals surface area contributed by atoms with E-state index in [-0.39, 0.29) is 12.5 Å². The molecule has 2 aromatic carbocycles. The van der Waals surface area contributed by atoms with E-state index in [2.05, 4.69) is 21.2 Å². The number of hydrogen-bond donors (Lipinski definition) is 1. The van der Waals surface area contributed by atoms with E-state index in [1.54, 1.807) is 29.2 Å². The molecule has 130 valence electrons. The fourth-order valence-corrected chi connectivity index (χ4v) is 3.04. The van der Waals surface area contributed by atoms with Crippen molar-refractivity contribution in [3.05, 3.63) is 58.6 Å². The second kappa shape index (κ2) is 6.88. The van der Waals surface area contributed by atoms with Crippen LogP contribution in [-0.2, 0) is 9.53 Å². The van der Waals surface area contributed by atoms with Gasteiger partial charge in [-0.05, 0) is 50.2 Å². The molecule has 0 saturated carbocycles. The first-order valence-corrected chi connectivity index (χ1v) is 8.80. The quantitative estimate of drug-likeness (QED) is 0.789. The van der Waals surface area contributed by atoms with Crippen molar-refractivity contribution in [1.29, 1.82) is 0 Å². The van der Waals surface area contributed by atoms with E-state index < -0.39 is 11.5 Å². The molecule has 1 aliphatic heterocycles. The number of para-hydroxylation sites is 2. The van der Waals surface area contributed by atoms with Gasteiger partial charge < -0.3 is 15.0 Å². The van der Waals surface area contributed by atoms with Crippen molar-refractivity contribution in [3.63, 3.8) is 0 Å². The molecule has 2 aromatic rings. The summed E-state index contributed by atoms with van der Waals surface area (Å²) in [6, 6.07) is 14.6. The Morgan fingerprint density at radius 2 is 1.84 bits per heavy atom. The molecule has 1 amide bonds. The molecule has 5 nitrogen and oxygen atoms in total. The van der Waals surface area contributed by atoms with Gasteiger partial charge in [0.15, 0.2) is 0 Å². The summed E-state index contributed by atoms with van der Waals surface area (Å²) >= 11 is 3.33. The van der Waals surface area contributed by atoms with Gasteiger partial charge >= 0.3 is 5.97 Å². The van der Waals surface area contributed by atoms with E-state index in [9.17, 15) is 9.59 Å². The first-order valence-electron chi connectivity index (χ1n) is 8.00. The van der Waals surface area contributed by atoms with Gasteiger partial charge in [0.25, 0.3) is 5.91 Å². The molecule has 1 aliphatic rings. The van der Waals surface area contributed by atoms with Crippen molar-refractivity contribution < 1.29 is 14.3 Å². The lowest BCUT2D eigenvalue weighted by atomic mass is 9.98. The van der Waals surface area contributed by atoms with Crippen LogP contribution in [0, 0.1) is 0 Å². The van der Waals surface area contributed by atoms with Gasteiger partial charge in [0.1, 0.15) is 12.1 Å². The second-order valence-electron chi connectivity index (χ2n) is 6.37. The average Bonchev–Trinajstić information content (AvgIpc) is 2.58. The van der Waals surface area contributed by atoms with Crippen LogP contribution in [0.25, 0.3) is 0 Å². The highest BCUT2D eigenvalue weighted by molar-refractivity contribution is 9.10. The molecule has 0 unspecified atom stereocenters. The standard InChI is InChI=1S/C19H19BrN2O3/c1-19(2)18(24)22(16-6-4-3-5-15(16)21-19)11-12-25-17(23)13-7-9-14(20)10-8-13/h3-10,21H,11-12H2,1-2H3. The second-order valence-corrected chi connectivity index (χ2v) is 7.28. The first kappa shape index (κ1) is 17.5. The van der Waals surface area contributed by atoms with Gasteiger partial charge in [0, 0.05) is 4.47 Å². The fourth-order valence-electron chi connectivity index (χ4n) is 2.77. The van der Waals surface area contributed by atoms with Gasteiger partial charge in [-0.2, -0.15) is 0 Å². The van der Waals surface area contributed by atoms with Crippen molar-refractivity contribution in [3.8, 4) is 0 Å². The Morgan fingerprint density at radius 1 is 1.16 bits per heavy atom. The lowest BCUT2D eigenvalue weighted by Gasteiger charge is -2.39. The third kappa shape index (κ3) is 3.69. The Labute approximate surface area is 155 Å². The highest BCUT2D eigenvalue weighted by atomic mass is 79.9. The molecule has 0 saturated heterocycles. The van der Waals surface area contributed by atoms with Crippen LogP contribution in [-0.4, -0.2) is 30.6 Å². The normalized spacial score (nSPS) is 15.3.